The Morgan fingerprint density at radius 1 is 1.30 bits per heavy atom. The zero-order valence-electron chi connectivity index (χ0n) is 10.8. The Hall–Kier alpha value is -1.67. The van der Waals surface area contributed by atoms with E-state index < -0.39 is 0 Å². The molecule has 0 aliphatic carbocycles. The monoisotopic (exact) mass is 311 g/mol. The van der Waals surface area contributed by atoms with Crippen molar-refractivity contribution in [3.05, 3.63) is 30.3 Å². The van der Waals surface area contributed by atoms with Crippen molar-refractivity contribution in [2.75, 3.05) is 18.1 Å². The number of amides is 1. The topological polar surface area (TPSA) is 117 Å². The number of nitrogens with zero attached hydrogens (tertiary/aromatic N) is 1. The Labute approximate surface area is 126 Å². The van der Waals surface area contributed by atoms with Crippen molar-refractivity contribution < 1.29 is 4.79 Å². The van der Waals surface area contributed by atoms with Gasteiger partial charge in [0, 0.05) is 17.2 Å². The minimum Gasteiger partial charge on any atom is -0.370 e. The summed E-state index contributed by atoms with van der Waals surface area (Å²) in [5, 5.41) is 10.1. The number of carbonyl (C=O) groups excluding carboxylic acids is 1. The molecule has 0 saturated heterocycles. The number of benzene rings is 1. The largest absolute Gasteiger partial charge is 0.370 e. The highest BCUT2D eigenvalue weighted by Crippen LogP contribution is 2.15. The van der Waals surface area contributed by atoms with E-state index in [2.05, 4.69) is 10.3 Å². The molecule has 0 spiro atoms. The van der Waals surface area contributed by atoms with E-state index in [1.54, 1.807) is 11.8 Å². The second-order valence-electron chi connectivity index (χ2n) is 3.64. The van der Waals surface area contributed by atoms with Crippen LogP contribution in [0.3, 0.4) is 0 Å². The fourth-order valence-electron chi connectivity index (χ4n) is 1.21. The first-order valence-electron chi connectivity index (χ1n) is 5.83. The Balaban J connectivity index is 2.12. The van der Waals surface area contributed by atoms with Gasteiger partial charge >= 0.3 is 0 Å². The smallest absolute Gasteiger partial charge is 0.230 e. The highest BCUT2D eigenvalue weighted by atomic mass is 32.2. The number of rotatable bonds is 6. The summed E-state index contributed by atoms with van der Waals surface area (Å²) in [5.74, 6) is 0.610. The molecule has 1 aromatic carbocycles. The summed E-state index contributed by atoms with van der Waals surface area (Å²) in [5.41, 5.74) is 10.2. The number of aliphatic imine (C=N–C) groups is 1. The van der Waals surface area contributed by atoms with Gasteiger partial charge in [0.15, 0.2) is 11.1 Å². The Morgan fingerprint density at radius 3 is 2.65 bits per heavy atom. The van der Waals surface area contributed by atoms with E-state index in [1.165, 1.54) is 4.90 Å². The van der Waals surface area contributed by atoms with Crippen LogP contribution in [-0.4, -0.2) is 35.1 Å². The fourth-order valence-corrected chi connectivity index (χ4v) is 2.54. The number of guanidine groups is 1. The van der Waals surface area contributed by atoms with E-state index in [-0.39, 0.29) is 22.8 Å². The summed E-state index contributed by atoms with van der Waals surface area (Å²) < 4.78 is 0. The average Bonchev–Trinajstić information content (AvgIpc) is 2.42. The number of nitrogens with two attached hydrogens (primary N) is 2. The highest BCUT2D eigenvalue weighted by molar-refractivity contribution is 8.14. The molecule has 0 fully saturated rings. The first kappa shape index (κ1) is 16.4. The third kappa shape index (κ3) is 7.70. The molecule has 6 nitrogen and oxygen atoms in total. The van der Waals surface area contributed by atoms with Crippen molar-refractivity contribution in [2.45, 2.75) is 4.90 Å². The molecule has 0 aliphatic rings. The highest BCUT2D eigenvalue weighted by Gasteiger charge is 2.04. The normalized spacial score (nSPS) is 9.80. The summed E-state index contributed by atoms with van der Waals surface area (Å²) in [6, 6.07) is 9.98. The standard InChI is InChI=1S/C12H17N5OS2/c13-11(14)17-12(15)20-8-10(18)16-6-7-19-9-4-2-1-3-5-9/h1-5H,6-8H2,(H,16,18)(H5,13,14,15,17). The van der Waals surface area contributed by atoms with Crippen LogP contribution in [0.4, 0.5) is 0 Å². The molecule has 0 bridgehead atoms. The number of hydrogen-bond acceptors (Lipinski definition) is 4. The minimum atomic E-state index is -0.179. The Kier molecular flexibility index (Phi) is 7.59. The van der Waals surface area contributed by atoms with Crippen LogP contribution in [0.5, 0.6) is 0 Å². The Morgan fingerprint density at radius 2 is 2.00 bits per heavy atom. The number of thioether (sulfide) groups is 2. The maximum Gasteiger partial charge on any atom is 0.230 e. The van der Waals surface area contributed by atoms with Gasteiger partial charge in [0.2, 0.25) is 5.91 Å². The number of hydrogen-bond donors (Lipinski definition) is 4. The van der Waals surface area contributed by atoms with Crippen LogP contribution < -0.4 is 16.8 Å². The maximum absolute atomic E-state index is 11.5. The summed E-state index contributed by atoms with van der Waals surface area (Å²) in [6.45, 7) is 0.578. The second-order valence-corrected chi connectivity index (χ2v) is 5.77. The van der Waals surface area contributed by atoms with Crippen molar-refractivity contribution >= 4 is 40.6 Å². The van der Waals surface area contributed by atoms with E-state index in [0.717, 1.165) is 17.5 Å². The van der Waals surface area contributed by atoms with Crippen molar-refractivity contribution in [2.24, 2.45) is 16.5 Å². The third-order valence-electron chi connectivity index (χ3n) is 2.01. The van der Waals surface area contributed by atoms with Crippen LogP contribution in [0.15, 0.2) is 40.2 Å². The van der Waals surface area contributed by atoms with Gasteiger partial charge in [-0.3, -0.25) is 10.2 Å². The zero-order chi connectivity index (χ0) is 14.8. The van der Waals surface area contributed by atoms with Crippen LogP contribution in [0.25, 0.3) is 0 Å². The van der Waals surface area contributed by atoms with Crippen molar-refractivity contribution in [3.8, 4) is 0 Å². The molecule has 0 radical (unpaired) electrons. The van der Waals surface area contributed by atoms with Gasteiger partial charge in [0.05, 0.1) is 5.75 Å². The molecular weight excluding hydrogens is 294 g/mol. The number of amidine groups is 1. The van der Waals surface area contributed by atoms with Crippen molar-refractivity contribution in [1.29, 1.82) is 5.41 Å². The van der Waals surface area contributed by atoms with Gasteiger partial charge in [-0.2, -0.15) is 4.99 Å². The number of nitrogens with one attached hydrogen (secondary N) is 2. The van der Waals surface area contributed by atoms with Crippen molar-refractivity contribution in [3.63, 3.8) is 0 Å². The van der Waals surface area contributed by atoms with Crippen molar-refractivity contribution in [1.82, 2.24) is 5.32 Å². The van der Waals surface area contributed by atoms with Gasteiger partial charge in [-0.25, -0.2) is 0 Å². The van der Waals surface area contributed by atoms with E-state index in [4.69, 9.17) is 16.9 Å². The summed E-state index contributed by atoms with van der Waals surface area (Å²) in [7, 11) is 0. The summed E-state index contributed by atoms with van der Waals surface area (Å²) in [6.07, 6.45) is 0. The number of carbonyl (C=O) groups is 1. The van der Waals surface area contributed by atoms with Gasteiger partial charge in [-0.15, -0.1) is 11.8 Å². The molecule has 0 aromatic heterocycles. The third-order valence-corrected chi connectivity index (χ3v) is 3.79. The first-order valence-corrected chi connectivity index (χ1v) is 7.80. The Bertz CT molecular complexity index is 474. The molecular formula is C12H17N5OS2. The van der Waals surface area contributed by atoms with E-state index in [9.17, 15) is 4.79 Å². The fraction of sp³-hybridized carbons (Fsp3) is 0.250. The van der Waals surface area contributed by atoms with Crippen LogP contribution in [0.1, 0.15) is 0 Å². The summed E-state index contributed by atoms with van der Waals surface area (Å²) in [4.78, 5) is 16.2. The van der Waals surface area contributed by atoms with E-state index >= 15 is 0 Å². The van der Waals surface area contributed by atoms with Crippen LogP contribution in [0.2, 0.25) is 0 Å². The van der Waals surface area contributed by atoms with Crippen LogP contribution >= 0.6 is 23.5 Å². The molecule has 1 amide bonds. The molecule has 20 heavy (non-hydrogen) atoms. The predicted molar refractivity (Wildman–Crippen MR) is 86.2 cm³/mol. The zero-order valence-corrected chi connectivity index (χ0v) is 12.5. The SMILES string of the molecule is N=C(N=C(N)N)SCC(=O)NCCSc1ccccc1. The molecule has 0 heterocycles. The van der Waals surface area contributed by atoms with Crippen LogP contribution in [0, 0.1) is 5.41 Å². The quantitative estimate of drug-likeness (QED) is 0.269. The molecule has 0 aliphatic heterocycles. The lowest BCUT2D eigenvalue weighted by Gasteiger charge is -2.04. The van der Waals surface area contributed by atoms with Gasteiger partial charge in [-0.1, -0.05) is 30.0 Å². The molecule has 1 aromatic rings. The molecule has 108 valence electrons. The molecule has 6 N–H and O–H groups in total. The van der Waals surface area contributed by atoms with Gasteiger partial charge in [-0.05, 0) is 12.1 Å². The molecule has 8 heteroatoms. The van der Waals surface area contributed by atoms with Gasteiger partial charge < -0.3 is 16.8 Å². The minimum absolute atomic E-state index is 0.0705. The molecule has 0 atom stereocenters. The second kappa shape index (κ2) is 9.27. The average molecular weight is 311 g/mol. The lowest BCUT2D eigenvalue weighted by molar-refractivity contribution is -0.118. The van der Waals surface area contributed by atoms with Gasteiger partial charge in [0.25, 0.3) is 0 Å². The lowest BCUT2D eigenvalue weighted by Crippen LogP contribution is -2.28. The van der Waals surface area contributed by atoms with Crippen LogP contribution in [-0.2, 0) is 4.79 Å². The summed E-state index contributed by atoms with van der Waals surface area (Å²) >= 11 is 2.66. The first-order chi connectivity index (χ1) is 9.58. The predicted octanol–water partition coefficient (Wildman–Crippen LogP) is 0.836. The molecule has 0 unspecified atom stereocenters. The lowest BCUT2D eigenvalue weighted by atomic mass is 10.4. The molecule has 0 saturated carbocycles. The van der Waals surface area contributed by atoms with E-state index in [0.29, 0.717) is 6.54 Å². The van der Waals surface area contributed by atoms with E-state index in [1.807, 2.05) is 30.3 Å². The molecule has 1 rings (SSSR count). The maximum atomic E-state index is 11.5. The van der Waals surface area contributed by atoms with Gasteiger partial charge in [0.1, 0.15) is 0 Å².